The van der Waals surface area contributed by atoms with E-state index in [1.807, 2.05) is 30.3 Å². The van der Waals surface area contributed by atoms with Crippen LogP contribution >= 0.6 is 0 Å². The van der Waals surface area contributed by atoms with Gasteiger partial charge in [0.2, 0.25) is 0 Å². The molecule has 0 radical (unpaired) electrons. The number of methoxy groups -OCH3 is 2. The molecule has 0 bridgehead atoms. The van der Waals surface area contributed by atoms with E-state index in [9.17, 15) is 19.5 Å². The molecule has 0 spiro atoms. The smallest absolute Gasteiger partial charge is 0.343 e. The molecule has 210 valence electrons. The van der Waals surface area contributed by atoms with Gasteiger partial charge in [0, 0.05) is 22.6 Å². The Labute approximate surface area is 235 Å². The predicted octanol–water partition coefficient (Wildman–Crippen LogP) is 3.88. The Balaban J connectivity index is 0.000000193. The third-order valence-electron chi connectivity index (χ3n) is 7.24. The topological polar surface area (TPSA) is 137 Å². The maximum Gasteiger partial charge on any atom is 0.343 e. The summed E-state index contributed by atoms with van der Waals surface area (Å²) in [5.41, 5.74) is 2.56. The van der Waals surface area contributed by atoms with Gasteiger partial charge < -0.3 is 29.0 Å². The summed E-state index contributed by atoms with van der Waals surface area (Å²) in [5, 5.41) is 20.3. The fourth-order valence-electron chi connectivity index (χ4n) is 5.05. The van der Waals surface area contributed by atoms with Crippen LogP contribution in [0.5, 0.6) is 11.5 Å². The number of fused-ring (bicyclic) bond motifs is 5. The molecule has 2 aromatic heterocycles. The van der Waals surface area contributed by atoms with E-state index in [-0.39, 0.29) is 18.6 Å². The van der Waals surface area contributed by atoms with Crippen molar-refractivity contribution >= 4 is 28.9 Å². The van der Waals surface area contributed by atoms with Crippen LogP contribution in [-0.4, -0.2) is 45.9 Å². The van der Waals surface area contributed by atoms with Crippen LogP contribution < -0.4 is 15.0 Å². The second-order valence-electron chi connectivity index (χ2n) is 9.58. The number of aromatic nitrogens is 2. The Bertz CT molecular complexity index is 1770. The van der Waals surface area contributed by atoms with E-state index in [4.69, 9.17) is 24.3 Å². The molecular weight excluding hydrogens is 528 g/mol. The maximum absolute atomic E-state index is 13.0. The van der Waals surface area contributed by atoms with Crippen LogP contribution in [-0.2, 0) is 33.1 Å². The molecule has 0 saturated heterocycles. The van der Waals surface area contributed by atoms with E-state index < -0.39 is 17.5 Å². The summed E-state index contributed by atoms with van der Waals surface area (Å²) >= 11 is 0. The number of aliphatic carboxylic acids is 1. The summed E-state index contributed by atoms with van der Waals surface area (Å²) in [4.78, 5) is 40.2. The number of carbonyl (C=O) groups is 2. The number of carboxylic acid groups (broad SMARTS) is 1. The Morgan fingerprint density at radius 1 is 1.10 bits per heavy atom. The molecule has 1 unspecified atom stereocenters. The van der Waals surface area contributed by atoms with E-state index >= 15 is 0 Å². The Morgan fingerprint density at radius 2 is 1.85 bits per heavy atom. The summed E-state index contributed by atoms with van der Waals surface area (Å²) < 4.78 is 16.8. The van der Waals surface area contributed by atoms with Crippen LogP contribution in [0, 0.1) is 0 Å². The van der Waals surface area contributed by atoms with Crippen LogP contribution in [0.2, 0.25) is 0 Å². The maximum atomic E-state index is 13.0. The molecule has 2 aliphatic heterocycles. The number of benzene rings is 2. The van der Waals surface area contributed by atoms with Gasteiger partial charge in [-0.2, -0.15) is 0 Å². The van der Waals surface area contributed by atoms with Gasteiger partial charge in [-0.05, 0) is 48.4 Å². The van der Waals surface area contributed by atoms with Crippen molar-refractivity contribution in [2.75, 3.05) is 14.2 Å². The molecule has 6 rings (SSSR count). The van der Waals surface area contributed by atoms with Crippen LogP contribution in [0.4, 0.5) is 0 Å². The summed E-state index contributed by atoms with van der Waals surface area (Å²) in [5.74, 6) is -0.499. The molecule has 4 heterocycles. The highest BCUT2D eigenvalue weighted by molar-refractivity contribution is 5.86. The molecule has 4 aromatic rings. The number of carboxylic acids is 1. The fraction of sp³-hybridized carbons (Fsp3) is 0.226. The van der Waals surface area contributed by atoms with Crippen LogP contribution in [0.3, 0.4) is 0 Å². The second-order valence-corrected chi connectivity index (χ2v) is 9.58. The average Bonchev–Trinajstić information content (AvgIpc) is 3.34. The lowest BCUT2D eigenvalue weighted by atomic mass is 9.86. The van der Waals surface area contributed by atoms with Crippen LogP contribution in [0.1, 0.15) is 35.6 Å². The molecular formula is C31H28N2O8. The van der Waals surface area contributed by atoms with Crippen molar-refractivity contribution in [3.05, 3.63) is 93.3 Å². The number of hydrogen-bond acceptors (Lipinski definition) is 8. The largest absolute Gasteiger partial charge is 0.493 e. The van der Waals surface area contributed by atoms with Crippen molar-refractivity contribution in [2.24, 2.45) is 0 Å². The third-order valence-corrected chi connectivity index (χ3v) is 7.24. The summed E-state index contributed by atoms with van der Waals surface area (Å²) in [6, 6.07) is 16.7. The predicted molar refractivity (Wildman–Crippen MR) is 151 cm³/mol. The molecule has 2 aromatic carbocycles. The van der Waals surface area contributed by atoms with Gasteiger partial charge in [0.05, 0.1) is 43.2 Å². The minimum absolute atomic E-state index is 0.110. The first-order valence-electron chi connectivity index (χ1n) is 12.9. The lowest BCUT2D eigenvalue weighted by Crippen LogP contribution is -2.44. The monoisotopic (exact) mass is 556 g/mol. The normalized spacial score (nSPS) is 16.7. The second kappa shape index (κ2) is 10.9. The Morgan fingerprint density at radius 3 is 2.56 bits per heavy atom. The number of nitrogens with zero attached hydrogens (tertiary/aromatic N) is 2. The number of hydrogen-bond donors (Lipinski definition) is 2. The number of pyridine rings is 2. The van der Waals surface area contributed by atoms with Crippen LogP contribution in [0.15, 0.2) is 65.5 Å². The number of ether oxygens (including phenoxy) is 3. The van der Waals surface area contributed by atoms with Gasteiger partial charge in [-0.1, -0.05) is 31.2 Å². The first kappa shape index (κ1) is 27.6. The van der Waals surface area contributed by atoms with E-state index in [2.05, 4.69) is 0 Å². The standard InChI is InChI=1S/C20H16N2O4.C11H12O4/c1-2-20(25)14-8-16-17-12(7-11-5-3-4-6-15(11)21-17)9-22(16)18(23)13(14)10-26-19(20)24;1-14-9-5-3-8(4-6-11(12)13)7-10(9)15-2/h3-8,25H,2,9-10H2,1H3;3-7H,1-2H3,(H,12,13). The summed E-state index contributed by atoms with van der Waals surface area (Å²) in [6.45, 7) is 2.01. The third kappa shape index (κ3) is 4.93. The summed E-state index contributed by atoms with van der Waals surface area (Å²) in [7, 11) is 3.08. The first-order chi connectivity index (χ1) is 19.7. The quantitative estimate of drug-likeness (QED) is 0.244. The number of esters is 1. The van der Waals surface area contributed by atoms with Gasteiger partial charge in [0.15, 0.2) is 17.1 Å². The van der Waals surface area contributed by atoms with E-state index in [0.717, 1.165) is 33.8 Å². The lowest BCUT2D eigenvalue weighted by Gasteiger charge is -2.31. The summed E-state index contributed by atoms with van der Waals surface area (Å²) in [6.07, 6.45) is 2.70. The van der Waals surface area contributed by atoms with Crippen molar-refractivity contribution in [3.8, 4) is 22.9 Å². The molecule has 1 atom stereocenters. The highest BCUT2D eigenvalue weighted by atomic mass is 16.6. The van der Waals surface area contributed by atoms with Crippen LogP contribution in [0.25, 0.3) is 28.4 Å². The number of rotatable bonds is 5. The molecule has 0 saturated carbocycles. The molecule has 2 N–H and O–H groups in total. The molecule has 10 heteroatoms. The minimum Gasteiger partial charge on any atom is -0.493 e. The van der Waals surface area contributed by atoms with Gasteiger partial charge in [-0.25, -0.2) is 14.6 Å². The molecule has 0 aliphatic carbocycles. The van der Waals surface area contributed by atoms with E-state index in [1.165, 1.54) is 13.2 Å². The van der Waals surface area contributed by atoms with Gasteiger partial charge in [-0.15, -0.1) is 0 Å². The highest BCUT2D eigenvalue weighted by Gasteiger charge is 2.45. The minimum atomic E-state index is -1.79. The Hall–Kier alpha value is -4.96. The average molecular weight is 557 g/mol. The van der Waals surface area contributed by atoms with E-state index in [1.54, 1.807) is 42.9 Å². The molecule has 0 fully saturated rings. The van der Waals surface area contributed by atoms with Crippen molar-refractivity contribution in [2.45, 2.75) is 32.1 Å². The van der Waals surface area contributed by atoms with Gasteiger partial charge in [0.25, 0.3) is 5.56 Å². The molecule has 2 aliphatic rings. The van der Waals surface area contributed by atoms with Crippen molar-refractivity contribution < 1.29 is 34.0 Å². The zero-order valence-corrected chi connectivity index (χ0v) is 22.7. The van der Waals surface area contributed by atoms with Crippen molar-refractivity contribution in [1.82, 2.24) is 9.55 Å². The zero-order chi connectivity index (χ0) is 29.3. The van der Waals surface area contributed by atoms with Gasteiger partial charge in [0.1, 0.15) is 6.61 Å². The van der Waals surface area contributed by atoms with Crippen molar-refractivity contribution in [1.29, 1.82) is 0 Å². The highest BCUT2D eigenvalue weighted by Crippen LogP contribution is 2.38. The molecule has 10 nitrogen and oxygen atoms in total. The number of carbonyl (C=O) groups excluding carboxylic acids is 1. The number of cyclic esters (lactones) is 1. The molecule has 41 heavy (non-hydrogen) atoms. The Kier molecular flexibility index (Phi) is 7.34. The van der Waals surface area contributed by atoms with Gasteiger partial charge in [-0.3, -0.25) is 4.79 Å². The lowest BCUT2D eigenvalue weighted by molar-refractivity contribution is -0.172. The van der Waals surface area contributed by atoms with E-state index in [0.29, 0.717) is 34.9 Å². The zero-order valence-electron chi connectivity index (χ0n) is 22.7. The SMILES string of the molecule is CCC1(O)C(=O)OCc2c1cc1n(c2=O)Cc2cc3ccccc3nc2-1.COc1ccc(C=CC(=O)O)cc1OC. The van der Waals surface area contributed by atoms with Gasteiger partial charge >= 0.3 is 11.9 Å². The first-order valence-corrected chi connectivity index (χ1v) is 12.9. The van der Waals surface area contributed by atoms with Crippen molar-refractivity contribution in [3.63, 3.8) is 0 Å². The fourth-order valence-corrected chi connectivity index (χ4v) is 5.05. The number of para-hydroxylation sites is 1. The molecule has 0 amide bonds. The number of aliphatic hydroxyl groups is 1.